The van der Waals surface area contributed by atoms with Gasteiger partial charge in [0.15, 0.2) is 0 Å². The predicted molar refractivity (Wildman–Crippen MR) is 95.3 cm³/mol. The van der Waals surface area contributed by atoms with Crippen LogP contribution in [0.3, 0.4) is 0 Å². The van der Waals surface area contributed by atoms with Crippen molar-refractivity contribution >= 4 is 17.5 Å². The molecule has 1 unspecified atom stereocenters. The SMILES string of the molecule is CC1Cc2ccccc2N1c1ccnc(NCc2ccncc2)n1. The second-order valence-corrected chi connectivity index (χ2v) is 6.00. The van der Waals surface area contributed by atoms with E-state index in [1.165, 1.54) is 11.3 Å². The first-order valence-electron chi connectivity index (χ1n) is 8.14. The summed E-state index contributed by atoms with van der Waals surface area (Å²) in [5.41, 5.74) is 3.76. The maximum Gasteiger partial charge on any atom is 0.224 e. The van der Waals surface area contributed by atoms with Crippen molar-refractivity contribution in [2.45, 2.75) is 25.9 Å². The van der Waals surface area contributed by atoms with Crippen LogP contribution in [0, 0.1) is 0 Å². The van der Waals surface area contributed by atoms with Gasteiger partial charge in [-0.1, -0.05) is 18.2 Å². The minimum Gasteiger partial charge on any atom is -0.350 e. The minimum atomic E-state index is 0.394. The number of benzene rings is 1. The lowest BCUT2D eigenvalue weighted by molar-refractivity contribution is 0.749. The Bertz CT molecular complexity index is 834. The molecule has 120 valence electrons. The molecule has 0 fully saturated rings. The van der Waals surface area contributed by atoms with Crippen molar-refractivity contribution in [2.24, 2.45) is 0 Å². The van der Waals surface area contributed by atoms with E-state index in [1.807, 2.05) is 24.4 Å². The van der Waals surface area contributed by atoms with Crippen molar-refractivity contribution in [3.8, 4) is 0 Å². The van der Waals surface area contributed by atoms with Gasteiger partial charge in [0.1, 0.15) is 5.82 Å². The fourth-order valence-corrected chi connectivity index (χ4v) is 3.16. The van der Waals surface area contributed by atoms with E-state index in [9.17, 15) is 0 Å². The Hall–Kier alpha value is -2.95. The average molecular weight is 317 g/mol. The van der Waals surface area contributed by atoms with Crippen molar-refractivity contribution in [1.29, 1.82) is 0 Å². The van der Waals surface area contributed by atoms with Gasteiger partial charge in [-0.2, -0.15) is 4.98 Å². The first-order chi connectivity index (χ1) is 11.8. The zero-order chi connectivity index (χ0) is 16.4. The summed E-state index contributed by atoms with van der Waals surface area (Å²) in [7, 11) is 0. The molecule has 5 nitrogen and oxygen atoms in total. The number of anilines is 3. The number of nitrogens with one attached hydrogen (secondary N) is 1. The Kier molecular flexibility index (Phi) is 3.83. The molecule has 1 aliphatic rings. The standard InChI is InChI=1S/C19H19N5/c1-14-12-16-4-2-3-5-17(16)24(14)18-8-11-21-19(23-18)22-13-15-6-9-20-10-7-15/h2-11,14H,12-13H2,1H3,(H,21,22,23). The molecule has 1 atom stereocenters. The van der Waals surface area contributed by atoms with Crippen LogP contribution in [0.2, 0.25) is 0 Å². The highest BCUT2D eigenvalue weighted by atomic mass is 15.3. The van der Waals surface area contributed by atoms with Crippen LogP contribution in [0.25, 0.3) is 0 Å². The van der Waals surface area contributed by atoms with E-state index in [2.05, 4.69) is 51.4 Å². The summed E-state index contributed by atoms with van der Waals surface area (Å²) in [6.45, 7) is 2.91. The van der Waals surface area contributed by atoms with E-state index in [-0.39, 0.29) is 0 Å². The Balaban J connectivity index is 1.57. The molecule has 24 heavy (non-hydrogen) atoms. The molecule has 3 aromatic rings. The number of pyridine rings is 1. The highest BCUT2D eigenvalue weighted by Crippen LogP contribution is 2.37. The van der Waals surface area contributed by atoms with Crippen molar-refractivity contribution in [3.05, 3.63) is 72.2 Å². The summed E-state index contributed by atoms with van der Waals surface area (Å²) in [5.74, 6) is 1.57. The van der Waals surface area contributed by atoms with Gasteiger partial charge in [0.05, 0.1) is 0 Å². The maximum atomic E-state index is 4.71. The molecule has 3 heterocycles. The van der Waals surface area contributed by atoms with E-state index in [0.717, 1.165) is 17.8 Å². The minimum absolute atomic E-state index is 0.394. The average Bonchev–Trinajstić information content (AvgIpc) is 2.97. The van der Waals surface area contributed by atoms with Gasteiger partial charge in [-0.25, -0.2) is 4.98 Å². The van der Waals surface area contributed by atoms with Gasteiger partial charge < -0.3 is 10.2 Å². The highest BCUT2D eigenvalue weighted by Gasteiger charge is 2.27. The lowest BCUT2D eigenvalue weighted by atomic mass is 10.1. The molecule has 1 aliphatic heterocycles. The topological polar surface area (TPSA) is 53.9 Å². The molecular formula is C19H19N5. The molecule has 1 aromatic carbocycles. The number of para-hydroxylation sites is 1. The summed E-state index contributed by atoms with van der Waals surface area (Å²) in [6, 6.07) is 14.8. The maximum absolute atomic E-state index is 4.71. The zero-order valence-electron chi connectivity index (χ0n) is 13.6. The van der Waals surface area contributed by atoms with Gasteiger partial charge in [-0.3, -0.25) is 4.98 Å². The summed E-state index contributed by atoms with van der Waals surface area (Å²) >= 11 is 0. The lowest BCUT2D eigenvalue weighted by Gasteiger charge is -2.24. The fraction of sp³-hybridized carbons (Fsp3) is 0.211. The van der Waals surface area contributed by atoms with Gasteiger partial charge in [-0.05, 0) is 48.7 Å². The van der Waals surface area contributed by atoms with Crippen LogP contribution < -0.4 is 10.2 Å². The van der Waals surface area contributed by atoms with Crippen molar-refractivity contribution in [1.82, 2.24) is 15.0 Å². The Morgan fingerprint density at radius 2 is 1.92 bits per heavy atom. The molecule has 0 bridgehead atoms. The molecule has 0 saturated carbocycles. The first kappa shape index (κ1) is 14.6. The summed E-state index contributed by atoms with van der Waals surface area (Å²) in [5, 5.41) is 3.29. The van der Waals surface area contributed by atoms with E-state index in [4.69, 9.17) is 4.98 Å². The molecule has 0 amide bonds. The second kappa shape index (κ2) is 6.28. The molecule has 1 N–H and O–H groups in total. The van der Waals surface area contributed by atoms with Crippen molar-refractivity contribution in [3.63, 3.8) is 0 Å². The third-order valence-electron chi connectivity index (χ3n) is 4.29. The molecule has 0 radical (unpaired) electrons. The number of fused-ring (bicyclic) bond motifs is 1. The number of hydrogen-bond acceptors (Lipinski definition) is 5. The van der Waals surface area contributed by atoms with Crippen LogP contribution in [0.15, 0.2) is 61.1 Å². The predicted octanol–water partition coefficient (Wildman–Crippen LogP) is 3.57. The zero-order valence-corrected chi connectivity index (χ0v) is 13.6. The molecule has 0 spiro atoms. The third kappa shape index (κ3) is 2.80. The Morgan fingerprint density at radius 1 is 1.08 bits per heavy atom. The molecule has 0 saturated heterocycles. The Morgan fingerprint density at radius 3 is 2.79 bits per heavy atom. The number of hydrogen-bond donors (Lipinski definition) is 1. The molecule has 4 rings (SSSR count). The quantitative estimate of drug-likeness (QED) is 0.797. The normalized spacial score (nSPS) is 16.0. The van der Waals surface area contributed by atoms with Gasteiger partial charge in [0.2, 0.25) is 5.95 Å². The van der Waals surface area contributed by atoms with E-state index < -0.39 is 0 Å². The first-order valence-corrected chi connectivity index (χ1v) is 8.14. The number of rotatable bonds is 4. The monoisotopic (exact) mass is 317 g/mol. The largest absolute Gasteiger partial charge is 0.350 e. The Labute approximate surface area is 141 Å². The van der Waals surface area contributed by atoms with Crippen molar-refractivity contribution in [2.75, 3.05) is 10.2 Å². The van der Waals surface area contributed by atoms with E-state index in [1.54, 1.807) is 12.4 Å². The fourth-order valence-electron chi connectivity index (χ4n) is 3.16. The van der Waals surface area contributed by atoms with Crippen LogP contribution in [-0.4, -0.2) is 21.0 Å². The molecule has 0 aliphatic carbocycles. The van der Waals surface area contributed by atoms with Crippen LogP contribution >= 0.6 is 0 Å². The van der Waals surface area contributed by atoms with Gasteiger partial charge >= 0.3 is 0 Å². The van der Waals surface area contributed by atoms with Gasteiger partial charge in [-0.15, -0.1) is 0 Å². The van der Waals surface area contributed by atoms with Crippen molar-refractivity contribution < 1.29 is 0 Å². The summed E-state index contributed by atoms with van der Waals surface area (Å²) < 4.78 is 0. The third-order valence-corrected chi connectivity index (χ3v) is 4.29. The highest BCUT2D eigenvalue weighted by molar-refractivity contribution is 5.69. The molecule has 2 aromatic heterocycles. The van der Waals surface area contributed by atoms with Crippen LogP contribution in [0.4, 0.5) is 17.5 Å². The molecule has 5 heteroatoms. The van der Waals surface area contributed by atoms with E-state index in [0.29, 0.717) is 18.5 Å². The smallest absolute Gasteiger partial charge is 0.224 e. The molecular weight excluding hydrogens is 298 g/mol. The van der Waals surface area contributed by atoms with Crippen LogP contribution in [0.5, 0.6) is 0 Å². The van der Waals surface area contributed by atoms with Gasteiger partial charge in [0, 0.05) is 36.9 Å². The van der Waals surface area contributed by atoms with Crippen LogP contribution in [0.1, 0.15) is 18.1 Å². The lowest BCUT2D eigenvalue weighted by Crippen LogP contribution is -2.25. The number of aromatic nitrogens is 3. The summed E-state index contributed by atoms with van der Waals surface area (Å²) in [4.78, 5) is 15.4. The second-order valence-electron chi connectivity index (χ2n) is 6.00. The van der Waals surface area contributed by atoms with Crippen LogP contribution in [-0.2, 0) is 13.0 Å². The number of nitrogens with zero attached hydrogens (tertiary/aromatic N) is 4. The van der Waals surface area contributed by atoms with Gasteiger partial charge in [0.25, 0.3) is 0 Å². The van der Waals surface area contributed by atoms with E-state index >= 15 is 0 Å². The summed E-state index contributed by atoms with van der Waals surface area (Å²) in [6.07, 6.45) is 6.43.